The number of hydrogen-bond donors (Lipinski definition) is 0. The van der Waals surface area contributed by atoms with Gasteiger partial charge in [-0.1, -0.05) is 18.2 Å². The summed E-state index contributed by atoms with van der Waals surface area (Å²) in [4.78, 5) is 0. The molecule has 0 aliphatic carbocycles. The van der Waals surface area contributed by atoms with E-state index in [-0.39, 0.29) is 11.8 Å². The van der Waals surface area contributed by atoms with Gasteiger partial charge in [0.1, 0.15) is 0 Å². The summed E-state index contributed by atoms with van der Waals surface area (Å²) in [7, 11) is 0. The predicted octanol–water partition coefficient (Wildman–Crippen LogP) is 4.51. The second kappa shape index (κ2) is 3.47. The van der Waals surface area contributed by atoms with E-state index in [0.717, 1.165) is 10.1 Å². The third-order valence-electron chi connectivity index (χ3n) is 1.62. The van der Waals surface area contributed by atoms with Gasteiger partial charge in [-0.05, 0) is 29.3 Å². The quantitative estimate of drug-likeness (QED) is 0.654. The van der Waals surface area contributed by atoms with Crippen LogP contribution in [0.25, 0.3) is 10.1 Å². The van der Waals surface area contributed by atoms with Crippen LogP contribution in [0.5, 0.6) is 0 Å². The molecular formula is C9H5F3S2. The Morgan fingerprint density at radius 2 is 1.86 bits per heavy atom. The zero-order valence-corrected chi connectivity index (χ0v) is 8.47. The van der Waals surface area contributed by atoms with Gasteiger partial charge in [0.2, 0.25) is 0 Å². The Morgan fingerprint density at radius 3 is 2.50 bits per heavy atom. The maximum Gasteiger partial charge on any atom is 0.447 e. The summed E-state index contributed by atoms with van der Waals surface area (Å²) in [5.41, 5.74) is -4.19. The second-order valence-electron chi connectivity index (χ2n) is 2.65. The smallest absolute Gasteiger partial charge is 0.160 e. The highest BCUT2D eigenvalue weighted by Gasteiger charge is 2.30. The molecule has 0 bridgehead atoms. The van der Waals surface area contributed by atoms with Crippen LogP contribution in [0, 0.1) is 0 Å². The first-order valence-corrected chi connectivity index (χ1v) is 5.42. The van der Waals surface area contributed by atoms with Crippen molar-refractivity contribution in [3.05, 3.63) is 30.3 Å². The number of thiophene rings is 1. The van der Waals surface area contributed by atoms with E-state index in [1.807, 2.05) is 24.3 Å². The van der Waals surface area contributed by atoms with Crippen molar-refractivity contribution in [1.82, 2.24) is 0 Å². The maximum atomic E-state index is 12.0. The Bertz CT molecular complexity index is 411. The van der Waals surface area contributed by atoms with Crippen LogP contribution in [0.3, 0.4) is 0 Å². The zero-order chi connectivity index (χ0) is 10.2. The lowest BCUT2D eigenvalue weighted by Gasteiger charge is -2.00. The summed E-state index contributed by atoms with van der Waals surface area (Å²) in [6.45, 7) is 0. The van der Waals surface area contributed by atoms with Gasteiger partial charge < -0.3 is 0 Å². The van der Waals surface area contributed by atoms with E-state index in [2.05, 4.69) is 0 Å². The molecule has 2 rings (SSSR count). The van der Waals surface area contributed by atoms with Gasteiger partial charge in [-0.3, -0.25) is 0 Å². The molecule has 0 fully saturated rings. The number of thioether (sulfide) groups is 1. The highest BCUT2D eigenvalue weighted by molar-refractivity contribution is 8.02. The molecule has 5 heteroatoms. The van der Waals surface area contributed by atoms with Crippen molar-refractivity contribution in [2.24, 2.45) is 0 Å². The van der Waals surface area contributed by atoms with Gasteiger partial charge in [-0.2, -0.15) is 13.2 Å². The first kappa shape index (κ1) is 9.86. The van der Waals surface area contributed by atoms with Crippen LogP contribution in [0.4, 0.5) is 13.2 Å². The predicted molar refractivity (Wildman–Crippen MR) is 53.7 cm³/mol. The fourth-order valence-electron chi connectivity index (χ4n) is 1.12. The summed E-state index contributed by atoms with van der Waals surface area (Å²) < 4.78 is 37.3. The first-order chi connectivity index (χ1) is 6.54. The van der Waals surface area contributed by atoms with Crippen molar-refractivity contribution in [3.63, 3.8) is 0 Å². The van der Waals surface area contributed by atoms with Gasteiger partial charge in [0, 0.05) is 4.70 Å². The van der Waals surface area contributed by atoms with E-state index in [9.17, 15) is 13.2 Å². The number of alkyl halides is 3. The lowest BCUT2D eigenvalue weighted by atomic mass is 10.3. The molecule has 74 valence electrons. The van der Waals surface area contributed by atoms with E-state index in [1.54, 1.807) is 6.07 Å². The van der Waals surface area contributed by atoms with Crippen LogP contribution in [0.15, 0.2) is 34.5 Å². The third-order valence-corrected chi connectivity index (χ3v) is 3.58. The van der Waals surface area contributed by atoms with E-state index < -0.39 is 5.51 Å². The van der Waals surface area contributed by atoms with Crippen molar-refractivity contribution in [2.75, 3.05) is 0 Å². The topological polar surface area (TPSA) is 0 Å². The fourth-order valence-corrected chi connectivity index (χ4v) is 3.05. The molecule has 0 unspecified atom stereocenters. The van der Waals surface area contributed by atoms with Crippen LogP contribution < -0.4 is 0 Å². The number of hydrogen-bond acceptors (Lipinski definition) is 2. The van der Waals surface area contributed by atoms with Gasteiger partial charge in [-0.25, -0.2) is 0 Å². The van der Waals surface area contributed by atoms with Gasteiger partial charge in [-0.15, -0.1) is 11.3 Å². The van der Waals surface area contributed by atoms with Crippen LogP contribution in [0.1, 0.15) is 0 Å². The summed E-state index contributed by atoms with van der Waals surface area (Å²) in [5.74, 6) is 0. The Hall–Kier alpha value is -0.680. The number of halogens is 3. The molecule has 0 amide bonds. The number of benzene rings is 1. The molecular weight excluding hydrogens is 229 g/mol. The Kier molecular flexibility index (Phi) is 2.45. The van der Waals surface area contributed by atoms with Crippen molar-refractivity contribution < 1.29 is 13.2 Å². The summed E-state index contributed by atoms with van der Waals surface area (Å²) in [5, 5.41) is 0.865. The molecule has 0 nitrogen and oxygen atoms in total. The minimum atomic E-state index is -4.19. The number of fused-ring (bicyclic) bond motifs is 1. The van der Waals surface area contributed by atoms with Gasteiger partial charge in [0.05, 0.1) is 4.21 Å². The Balaban J connectivity index is 2.36. The summed E-state index contributed by atoms with van der Waals surface area (Å²) in [6, 6.07) is 8.84. The lowest BCUT2D eigenvalue weighted by Crippen LogP contribution is -1.97. The second-order valence-corrected chi connectivity index (χ2v) is 5.10. The highest BCUT2D eigenvalue weighted by atomic mass is 32.2. The molecule has 0 N–H and O–H groups in total. The van der Waals surface area contributed by atoms with E-state index in [0.29, 0.717) is 4.21 Å². The average Bonchev–Trinajstić information content (AvgIpc) is 2.42. The van der Waals surface area contributed by atoms with E-state index >= 15 is 0 Å². The molecule has 0 aliphatic heterocycles. The summed E-state index contributed by atoms with van der Waals surface area (Å²) in [6.07, 6.45) is 0. The summed E-state index contributed by atoms with van der Waals surface area (Å²) >= 11 is 1.11. The Morgan fingerprint density at radius 1 is 1.14 bits per heavy atom. The van der Waals surface area contributed by atoms with E-state index in [4.69, 9.17) is 0 Å². The molecule has 0 aliphatic rings. The zero-order valence-electron chi connectivity index (χ0n) is 6.84. The third kappa shape index (κ3) is 2.22. The molecule has 1 aromatic heterocycles. The number of rotatable bonds is 1. The van der Waals surface area contributed by atoms with Crippen molar-refractivity contribution in [1.29, 1.82) is 0 Å². The minimum absolute atomic E-state index is 0.0550. The standard InChI is InChI=1S/C9H5F3S2/c10-9(11,12)14-8-5-6-3-1-2-4-7(6)13-8/h1-5H. The Labute approximate surface area is 86.7 Å². The molecule has 0 spiro atoms. The van der Waals surface area contributed by atoms with Gasteiger partial charge in [0.15, 0.2) is 0 Å². The molecule has 1 heterocycles. The average molecular weight is 234 g/mol. The van der Waals surface area contributed by atoms with Crippen LogP contribution in [-0.2, 0) is 0 Å². The monoisotopic (exact) mass is 234 g/mol. The fraction of sp³-hybridized carbons (Fsp3) is 0.111. The van der Waals surface area contributed by atoms with Gasteiger partial charge >= 0.3 is 5.51 Å². The van der Waals surface area contributed by atoms with Crippen molar-refractivity contribution in [2.45, 2.75) is 9.72 Å². The minimum Gasteiger partial charge on any atom is -0.160 e. The van der Waals surface area contributed by atoms with Crippen molar-refractivity contribution in [3.8, 4) is 0 Å². The van der Waals surface area contributed by atoms with Crippen molar-refractivity contribution >= 4 is 33.2 Å². The van der Waals surface area contributed by atoms with Crippen LogP contribution >= 0.6 is 23.1 Å². The molecule has 14 heavy (non-hydrogen) atoms. The lowest BCUT2D eigenvalue weighted by molar-refractivity contribution is -0.0326. The largest absolute Gasteiger partial charge is 0.447 e. The molecule has 0 saturated heterocycles. The molecule has 0 saturated carbocycles. The highest BCUT2D eigenvalue weighted by Crippen LogP contribution is 2.42. The SMILES string of the molecule is FC(F)(F)Sc1cc2ccccc2s1. The van der Waals surface area contributed by atoms with Crippen LogP contribution in [0.2, 0.25) is 0 Å². The molecule has 2 aromatic rings. The molecule has 0 radical (unpaired) electrons. The molecule has 1 aromatic carbocycles. The van der Waals surface area contributed by atoms with E-state index in [1.165, 1.54) is 11.3 Å². The van der Waals surface area contributed by atoms with Crippen LogP contribution in [-0.4, -0.2) is 5.51 Å². The maximum absolute atomic E-state index is 12.0. The normalized spacial score (nSPS) is 12.2. The first-order valence-electron chi connectivity index (χ1n) is 3.79. The molecule has 0 atom stereocenters. The van der Waals surface area contributed by atoms with Gasteiger partial charge in [0.25, 0.3) is 0 Å².